The number of thiophene rings is 1. The van der Waals surface area contributed by atoms with Gasteiger partial charge in [0.1, 0.15) is 29.9 Å². The molecule has 0 bridgehead atoms. The Hall–Kier alpha value is -1.44. The van der Waals surface area contributed by atoms with Gasteiger partial charge in [-0.3, -0.25) is 4.57 Å². The quantitative estimate of drug-likeness (QED) is 0.291. The Kier molecular flexibility index (Phi) is 7.44. The zero-order valence-electron chi connectivity index (χ0n) is 23.5. The monoisotopic (exact) mass is 546 g/mol. The van der Waals surface area contributed by atoms with Gasteiger partial charge in [-0.1, -0.05) is 41.5 Å². The minimum Gasteiger partial charge on any atom is -0.414 e. The molecule has 3 aromatic heterocycles. The molecule has 0 unspecified atom stereocenters. The van der Waals surface area contributed by atoms with Crippen molar-refractivity contribution >= 4 is 39.1 Å². The molecule has 0 radical (unpaired) electrons. The summed E-state index contributed by atoms with van der Waals surface area (Å²) in [6, 6.07) is 2.06. The van der Waals surface area contributed by atoms with Crippen LogP contribution in [-0.2, 0) is 13.6 Å². The summed E-state index contributed by atoms with van der Waals surface area (Å²) in [6.07, 6.45) is 3.78. The van der Waals surface area contributed by atoms with Crippen LogP contribution in [0.2, 0.25) is 36.3 Å². The summed E-state index contributed by atoms with van der Waals surface area (Å²) >= 11 is 1.65. The number of ether oxygens (including phenoxy) is 1. The van der Waals surface area contributed by atoms with Crippen LogP contribution >= 0.6 is 11.3 Å². The van der Waals surface area contributed by atoms with Crippen LogP contribution in [-0.4, -0.2) is 55.0 Å². The van der Waals surface area contributed by atoms with Crippen LogP contribution in [0, 0.1) is 0 Å². The molecular weight excluding hydrogens is 505 g/mol. The highest BCUT2D eigenvalue weighted by atomic mass is 32.1. The fourth-order valence-corrected chi connectivity index (χ4v) is 6.89. The molecule has 1 aliphatic heterocycles. The van der Waals surface area contributed by atoms with E-state index in [1.807, 2.05) is 10.9 Å². The number of imidazole rings is 1. The van der Waals surface area contributed by atoms with Crippen molar-refractivity contribution in [2.24, 2.45) is 0 Å². The highest BCUT2D eigenvalue weighted by molar-refractivity contribution is 7.08. The molecule has 0 spiro atoms. The van der Waals surface area contributed by atoms with Crippen molar-refractivity contribution in [3.05, 3.63) is 29.5 Å². The summed E-state index contributed by atoms with van der Waals surface area (Å²) in [5.74, 6) is 0. The van der Waals surface area contributed by atoms with Crippen molar-refractivity contribution in [3.8, 4) is 11.3 Å². The maximum Gasteiger partial charge on any atom is 0.192 e. The van der Waals surface area contributed by atoms with Crippen molar-refractivity contribution in [2.75, 3.05) is 6.61 Å². The summed E-state index contributed by atoms with van der Waals surface area (Å²) < 4.78 is 22.3. The van der Waals surface area contributed by atoms with Gasteiger partial charge in [0.05, 0.1) is 19.0 Å². The third-order valence-corrected chi connectivity index (χ3v) is 18.0. The molecule has 36 heavy (non-hydrogen) atoms. The molecule has 3 atom stereocenters. The number of nitrogens with zero attached hydrogens (tertiary/aromatic N) is 4. The summed E-state index contributed by atoms with van der Waals surface area (Å²) in [5.41, 5.74) is 3.49. The number of hydrogen-bond acceptors (Lipinski definition) is 7. The van der Waals surface area contributed by atoms with Gasteiger partial charge in [0, 0.05) is 17.4 Å². The minimum absolute atomic E-state index is 0.0451. The molecule has 1 fully saturated rings. The van der Waals surface area contributed by atoms with Gasteiger partial charge in [-0.2, -0.15) is 11.3 Å². The van der Waals surface area contributed by atoms with Gasteiger partial charge in [-0.15, -0.1) is 0 Å². The molecule has 10 heteroatoms. The molecule has 0 saturated carbocycles. The normalized spacial score (nSPS) is 22.0. The molecule has 4 rings (SSSR count). The van der Waals surface area contributed by atoms with E-state index in [0.717, 1.165) is 28.8 Å². The Labute approximate surface area is 221 Å². The maximum atomic E-state index is 6.93. The van der Waals surface area contributed by atoms with Crippen LogP contribution < -0.4 is 0 Å². The molecule has 0 aromatic carbocycles. The molecule has 4 heterocycles. The van der Waals surface area contributed by atoms with Gasteiger partial charge in [0.2, 0.25) is 0 Å². The van der Waals surface area contributed by atoms with Crippen molar-refractivity contribution in [1.82, 2.24) is 19.5 Å². The highest BCUT2D eigenvalue weighted by Gasteiger charge is 2.46. The lowest BCUT2D eigenvalue weighted by atomic mass is 10.2. The summed E-state index contributed by atoms with van der Waals surface area (Å²) in [5, 5.41) is 4.39. The lowest BCUT2D eigenvalue weighted by molar-refractivity contribution is -0.0383. The summed E-state index contributed by atoms with van der Waals surface area (Å²) in [4.78, 5) is 13.8. The van der Waals surface area contributed by atoms with Crippen LogP contribution in [0.1, 0.15) is 54.2 Å². The van der Waals surface area contributed by atoms with E-state index in [0.29, 0.717) is 6.61 Å². The minimum atomic E-state index is -2.01. The van der Waals surface area contributed by atoms with Gasteiger partial charge in [0.15, 0.2) is 22.3 Å². The van der Waals surface area contributed by atoms with Gasteiger partial charge in [-0.25, -0.2) is 15.0 Å². The first kappa shape index (κ1) is 27.6. The molecule has 7 nitrogen and oxygen atoms in total. The van der Waals surface area contributed by atoms with Gasteiger partial charge < -0.3 is 13.6 Å². The fraction of sp³-hybridized carbons (Fsp3) is 0.654. The molecular formula is C26H42N4O3SSi2. The van der Waals surface area contributed by atoms with Crippen molar-refractivity contribution in [1.29, 1.82) is 0 Å². The van der Waals surface area contributed by atoms with Crippen LogP contribution in [0.4, 0.5) is 0 Å². The Morgan fingerprint density at radius 3 is 2.33 bits per heavy atom. The number of aromatic nitrogens is 4. The zero-order chi connectivity index (χ0) is 26.5. The Morgan fingerprint density at radius 1 is 1.03 bits per heavy atom. The first-order valence-corrected chi connectivity index (χ1v) is 19.5. The number of fused-ring (bicyclic) bond motifs is 1. The second-order valence-electron chi connectivity index (χ2n) is 12.9. The van der Waals surface area contributed by atoms with Crippen LogP contribution in [0.3, 0.4) is 0 Å². The predicted octanol–water partition coefficient (Wildman–Crippen LogP) is 7.25. The largest absolute Gasteiger partial charge is 0.414 e. The molecule has 198 valence electrons. The lowest BCUT2D eigenvalue weighted by Crippen LogP contribution is -2.48. The molecule has 0 N–H and O–H groups in total. The van der Waals surface area contributed by atoms with E-state index >= 15 is 0 Å². The number of rotatable bonds is 7. The summed E-state index contributed by atoms with van der Waals surface area (Å²) in [7, 11) is -3.94. The molecule has 0 amide bonds. The van der Waals surface area contributed by atoms with E-state index < -0.39 is 16.6 Å². The van der Waals surface area contributed by atoms with Crippen LogP contribution in [0.15, 0.2) is 29.5 Å². The van der Waals surface area contributed by atoms with E-state index in [1.165, 1.54) is 0 Å². The molecule has 1 saturated heterocycles. The van der Waals surface area contributed by atoms with Crippen molar-refractivity contribution in [2.45, 2.75) is 103 Å². The Morgan fingerprint density at radius 2 is 1.72 bits per heavy atom. The average molecular weight is 547 g/mol. The molecule has 0 aliphatic carbocycles. The second-order valence-corrected chi connectivity index (χ2v) is 23.3. The zero-order valence-corrected chi connectivity index (χ0v) is 26.3. The first-order valence-electron chi connectivity index (χ1n) is 12.8. The van der Waals surface area contributed by atoms with E-state index in [9.17, 15) is 0 Å². The van der Waals surface area contributed by atoms with E-state index in [-0.39, 0.29) is 28.5 Å². The average Bonchev–Trinajstić information content (AvgIpc) is 3.50. The van der Waals surface area contributed by atoms with E-state index in [1.54, 1.807) is 17.7 Å². The predicted molar refractivity (Wildman–Crippen MR) is 152 cm³/mol. The van der Waals surface area contributed by atoms with Crippen LogP contribution in [0.25, 0.3) is 22.4 Å². The van der Waals surface area contributed by atoms with E-state index in [2.05, 4.69) is 94.5 Å². The van der Waals surface area contributed by atoms with E-state index in [4.69, 9.17) is 18.6 Å². The van der Waals surface area contributed by atoms with Gasteiger partial charge in [0.25, 0.3) is 0 Å². The molecule has 3 aromatic rings. The standard InChI is InChI=1S/C26H42N4O3SSi2/c1-25(2,3)35(7,8)31-14-20-19(33-36(9,10)26(4,5)6)13-21(32-20)30-17-29-23-22(18-11-12-34-15-18)27-16-28-24(23)30/h11-12,15-17,19-21H,13-14H2,1-10H3/t19-,20+,21+/m0/s1. The highest BCUT2D eigenvalue weighted by Crippen LogP contribution is 2.43. The Bertz CT molecular complexity index is 1180. The van der Waals surface area contributed by atoms with Crippen molar-refractivity contribution in [3.63, 3.8) is 0 Å². The Balaban J connectivity index is 1.63. The van der Waals surface area contributed by atoms with Gasteiger partial charge in [-0.05, 0) is 47.7 Å². The topological polar surface area (TPSA) is 71.3 Å². The molecule has 1 aliphatic rings. The third kappa shape index (κ3) is 5.39. The summed E-state index contributed by atoms with van der Waals surface area (Å²) in [6.45, 7) is 23.4. The first-order chi connectivity index (χ1) is 16.6. The number of hydrogen-bond donors (Lipinski definition) is 0. The van der Waals surface area contributed by atoms with Crippen LogP contribution in [0.5, 0.6) is 0 Å². The smallest absolute Gasteiger partial charge is 0.192 e. The van der Waals surface area contributed by atoms with Crippen molar-refractivity contribution < 1.29 is 13.6 Å². The van der Waals surface area contributed by atoms with Gasteiger partial charge >= 0.3 is 0 Å². The SMILES string of the molecule is CC(C)(C)[Si](C)(C)OC[C@H]1O[C@@H](n2cnc3c(-c4ccsc4)ncnc32)C[C@@H]1O[Si](C)(C)C(C)(C)C. The second kappa shape index (κ2) is 9.70. The lowest BCUT2D eigenvalue weighted by Gasteiger charge is -2.40. The maximum absolute atomic E-state index is 6.93. The fourth-order valence-electron chi connectivity index (χ4n) is 3.88. The third-order valence-electron chi connectivity index (χ3n) is 8.31.